The van der Waals surface area contributed by atoms with E-state index < -0.39 is 0 Å². The predicted octanol–water partition coefficient (Wildman–Crippen LogP) is 2.72. The van der Waals surface area contributed by atoms with Crippen LogP contribution in [-0.2, 0) is 11.3 Å². The van der Waals surface area contributed by atoms with Gasteiger partial charge in [-0.25, -0.2) is 0 Å². The number of amides is 1. The number of nitrogens with zero attached hydrogens (tertiary/aromatic N) is 1. The molecule has 0 fully saturated rings. The molecule has 0 saturated carbocycles. The SMILES string of the molecule is CCN(Cc1cccc(C)c1)C(=O)C(C)CCCN. The zero-order chi connectivity index (χ0) is 14.3. The van der Waals surface area contributed by atoms with Crippen LogP contribution in [0.15, 0.2) is 24.3 Å². The molecule has 1 amide bonds. The van der Waals surface area contributed by atoms with Gasteiger partial charge in [0.15, 0.2) is 0 Å². The Kier molecular flexibility index (Phi) is 6.57. The molecule has 2 N–H and O–H groups in total. The summed E-state index contributed by atoms with van der Waals surface area (Å²) in [5.74, 6) is 0.297. The molecule has 1 rings (SSSR count). The van der Waals surface area contributed by atoms with Crippen LogP contribution in [0.3, 0.4) is 0 Å². The van der Waals surface area contributed by atoms with E-state index in [1.54, 1.807) is 0 Å². The first-order chi connectivity index (χ1) is 9.08. The Morgan fingerprint density at radius 1 is 1.42 bits per heavy atom. The standard InChI is InChI=1S/C16H26N2O/c1-4-18(16(19)14(3)8-6-10-17)12-15-9-5-7-13(2)11-15/h5,7,9,11,14H,4,6,8,10,12,17H2,1-3H3. The molecule has 0 spiro atoms. The minimum absolute atomic E-state index is 0.0632. The Morgan fingerprint density at radius 2 is 2.16 bits per heavy atom. The number of aryl methyl sites for hydroxylation is 1. The molecule has 0 saturated heterocycles. The Bertz CT molecular complexity index is 403. The number of benzene rings is 1. The summed E-state index contributed by atoms with van der Waals surface area (Å²) in [6.07, 6.45) is 1.79. The lowest BCUT2D eigenvalue weighted by Gasteiger charge is -2.24. The molecule has 0 aliphatic rings. The van der Waals surface area contributed by atoms with Crippen molar-refractivity contribution in [3.8, 4) is 0 Å². The highest BCUT2D eigenvalue weighted by Gasteiger charge is 2.18. The summed E-state index contributed by atoms with van der Waals surface area (Å²) in [6, 6.07) is 8.33. The van der Waals surface area contributed by atoms with Crippen LogP contribution in [-0.4, -0.2) is 23.9 Å². The van der Waals surface area contributed by atoms with Crippen LogP contribution < -0.4 is 5.73 Å². The average molecular weight is 262 g/mol. The molecule has 0 aliphatic heterocycles. The van der Waals surface area contributed by atoms with Crippen LogP contribution in [0.1, 0.15) is 37.8 Å². The van der Waals surface area contributed by atoms with Gasteiger partial charge in [0, 0.05) is 19.0 Å². The van der Waals surface area contributed by atoms with Gasteiger partial charge < -0.3 is 10.6 Å². The van der Waals surface area contributed by atoms with Crippen molar-refractivity contribution in [1.29, 1.82) is 0 Å². The van der Waals surface area contributed by atoms with Gasteiger partial charge in [0.1, 0.15) is 0 Å². The molecule has 0 aromatic heterocycles. The van der Waals surface area contributed by atoms with Gasteiger partial charge in [0.05, 0.1) is 0 Å². The molecule has 3 nitrogen and oxygen atoms in total. The predicted molar refractivity (Wildman–Crippen MR) is 79.7 cm³/mol. The molecule has 0 aliphatic carbocycles. The number of rotatable bonds is 7. The van der Waals surface area contributed by atoms with Crippen LogP contribution in [0, 0.1) is 12.8 Å². The van der Waals surface area contributed by atoms with Crippen molar-refractivity contribution in [1.82, 2.24) is 4.90 Å². The number of hydrogen-bond donors (Lipinski definition) is 1. The maximum atomic E-state index is 12.4. The Labute approximate surface area is 116 Å². The molecule has 19 heavy (non-hydrogen) atoms. The monoisotopic (exact) mass is 262 g/mol. The van der Waals surface area contributed by atoms with Gasteiger partial charge in [0.2, 0.25) is 5.91 Å². The summed E-state index contributed by atoms with van der Waals surface area (Å²) >= 11 is 0. The lowest BCUT2D eigenvalue weighted by atomic mass is 10.0. The summed E-state index contributed by atoms with van der Waals surface area (Å²) in [6.45, 7) is 8.21. The third kappa shape index (κ3) is 5.03. The van der Waals surface area contributed by atoms with E-state index >= 15 is 0 Å². The third-order valence-corrected chi connectivity index (χ3v) is 3.41. The van der Waals surface area contributed by atoms with Gasteiger partial charge in [-0.1, -0.05) is 36.8 Å². The highest BCUT2D eigenvalue weighted by molar-refractivity contribution is 5.78. The summed E-state index contributed by atoms with van der Waals surface area (Å²) in [5, 5.41) is 0. The van der Waals surface area contributed by atoms with Crippen LogP contribution >= 0.6 is 0 Å². The number of carbonyl (C=O) groups excluding carboxylic acids is 1. The Morgan fingerprint density at radius 3 is 2.74 bits per heavy atom. The van der Waals surface area contributed by atoms with Gasteiger partial charge >= 0.3 is 0 Å². The largest absolute Gasteiger partial charge is 0.338 e. The molecule has 0 heterocycles. The average Bonchev–Trinajstić information content (AvgIpc) is 2.41. The zero-order valence-electron chi connectivity index (χ0n) is 12.4. The molecular formula is C16H26N2O. The third-order valence-electron chi connectivity index (χ3n) is 3.41. The van der Waals surface area contributed by atoms with E-state index in [0.717, 1.165) is 19.4 Å². The van der Waals surface area contributed by atoms with Crippen LogP contribution in [0.2, 0.25) is 0 Å². The van der Waals surface area contributed by atoms with E-state index in [9.17, 15) is 4.79 Å². The van der Waals surface area contributed by atoms with E-state index in [-0.39, 0.29) is 11.8 Å². The molecule has 1 unspecified atom stereocenters. The minimum Gasteiger partial charge on any atom is -0.338 e. The second-order valence-electron chi connectivity index (χ2n) is 5.17. The van der Waals surface area contributed by atoms with Gasteiger partial charge in [-0.05, 0) is 38.8 Å². The van der Waals surface area contributed by atoms with Crippen molar-refractivity contribution < 1.29 is 4.79 Å². The first-order valence-electron chi connectivity index (χ1n) is 7.12. The van der Waals surface area contributed by atoms with Gasteiger partial charge in [0.25, 0.3) is 0 Å². The molecule has 1 aromatic carbocycles. The Balaban J connectivity index is 2.64. The van der Waals surface area contributed by atoms with E-state index in [1.165, 1.54) is 11.1 Å². The van der Waals surface area contributed by atoms with Crippen molar-refractivity contribution >= 4 is 5.91 Å². The second kappa shape index (κ2) is 7.95. The van der Waals surface area contributed by atoms with Crippen molar-refractivity contribution in [2.24, 2.45) is 11.7 Å². The van der Waals surface area contributed by atoms with Crippen LogP contribution in [0.4, 0.5) is 0 Å². The summed E-state index contributed by atoms with van der Waals surface area (Å²) in [7, 11) is 0. The smallest absolute Gasteiger partial charge is 0.225 e. The lowest BCUT2D eigenvalue weighted by molar-refractivity contribution is -0.135. The Hall–Kier alpha value is -1.35. The fourth-order valence-corrected chi connectivity index (χ4v) is 2.24. The van der Waals surface area contributed by atoms with E-state index in [1.807, 2.05) is 24.8 Å². The first kappa shape index (κ1) is 15.7. The summed E-state index contributed by atoms with van der Waals surface area (Å²) in [5.41, 5.74) is 7.93. The van der Waals surface area contributed by atoms with Crippen LogP contribution in [0.25, 0.3) is 0 Å². The summed E-state index contributed by atoms with van der Waals surface area (Å²) in [4.78, 5) is 14.3. The molecule has 3 heteroatoms. The number of nitrogens with two attached hydrogens (primary N) is 1. The highest BCUT2D eigenvalue weighted by atomic mass is 16.2. The first-order valence-corrected chi connectivity index (χ1v) is 7.12. The topological polar surface area (TPSA) is 46.3 Å². The van der Waals surface area contributed by atoms with Gasteiger partial charge in [-0.3, -0.25) is 4.79 Å². The molecule has 1 atom stereocenters. The van der Waals surface area contributed by atoms with Crippen molar-refractivity contribution in [2.45, 2.75) is 40.2 Å². The lowest BCUT2D eigenvalue weighted by Crippen LogP contribution is -2.34. The van der Waals surface area contributed by atoms with Gasteiger partial charge in [-0.15, -0.1) is 0 Å². The molecule has 0 radical (unpaired) electrons. The number of carbonyl (C=O) groups is 1. The minimum atomic E-state index is 0.0632. The zero-order valence-corrected chi connectivity index (χ0v) is 12.4. The molecule has 0 bridgehead atoms. The van der Waals surface area contributed by atoms with Crippen molar-refractivity contribution in [2.75, 3.05) is 13.1 Å². The number of hydrogen-bond acceptors (Lipinski definition) is 2. The normalized spacial score (nSPS) is 12.2. The van der Waals surface area contributed by atoms with Crippen LogP contribution in [0.5, 0.6) is 0 Å². The fraction of sp³-hybridized carbons (Fsp3) is 0.562. The molecule has 1 aromatic rings. The summed E-state index contributed by atoms with van der Waals surface area (Å²) < 4.78 is 0. The maximum Gasteiger partial charge on any atom is 0.225 e. The van der Waals surface area contributed by atoms with Crippen molar-refractivity contribution in [3.05, 3.63) is 35.4 Å². The quantitative estimate of drug-likeness (QED) is 0.821. The fourth-order valence-electron chi connectivity index (χ4n) is 2.24. The van der Waals surface area contributed by atoms with E-state index in [4.69, 9.17) is 5.73 Å². The molecular weight excluding hydrogens is 236 g/mol. The highest BCUT2D eigenvalue weighted by Crippen LogP contribution is 2.13. The van der Waals surface area contributed by atoms with Crippen molar-refractivity contribution in [3.63, 3.8) is 0 Å². The van der Waals surface area contributed by atoms with E-state index in [2.05, 4.69) is 25.1 Å². The van der Waals surface area contributed by atoms with Gasteiger partial charge in [-0.2, -0.15) is 0 Å². The second-order valence-corrected chi connectivity index (χ2v) is 5.17. The maximum absolute atomic E-state index is 12.4. The molecule has 106 valence electrons. The van der Waals surface area contributed by atoms with E-state index in [0.29, 0.717) is 13.1 Å².